The maximum absolute atomic E-state index is 14.1. The summed E-state index contributed by atoms with van der Waals surface area (Å²) in [5.41, 5.74) is -2.69. The highest BCUT2D eigenvalue weighted by Crippen LogP contribution is 2.48. The number of rotatable bonds is 7. The Morgan fingerprint density at radius 3 is 2.38 bits per heavy atom. The van der Waals surface area contributed by atoms with Crippen molar-refractivity contribution in [1.29, 1.82) is 10.5 Å². The molecule has 1 amide bonds. The SMILES string of the molecule is CN(C(=O)c1cc(-c2cnn(-c3c(OC(F)F)c(C(F)(F)C(F)(F)F)nn3C)c2)ccc1C#N)C1(C#N)CC1. The number of carbonyl (C=O) groups is 1. The van der Waals surface area contributed by atoms with Crippen LogP contribution in [0.15, 0.2) is 30.6 Å². The van der Waals surface area contributed by atoms with E-state index in [-0.39, 0.29) is 22.3 Å². The molecule has 1 fully saturated rings. The van der Waals surface area contributed by atoms with Gasteiger partial charge >= 0.3 is 18.7 Å². The van der Waals surface area contributed by atoms with Gasteiger partial charge in [0, 0.05) is 25.9 Å². The van der Waals surface area contributed by atoms with Gasteiger partial charge in [-0.05, 0) is 30.5 Å². The van der Waals surface area contributed by atoms with E-state index in [0.29, 0.717) is 22.2 Å². The third-order valence-electron chi connectivity index (χ3n) is 6.22. The third-order valence-corrected chi connectivity index (χ3v) is 6.22. The molecule has 0 N–H and O–H groups in total. The van der Waals surface area contributed by atoms with Crippen LogP contribution in [-0.4, -0.2) is 55.7 Å². The Kier molecular flexibility index (Phi) is 6.54. The molecular weight excluding hydrogens is 539 g/mol. The van der Waals surface area contributed by atoms with E-state index < -0.39 is 47.4 Å². The number of halogens is 7. The Balaban J connectivity index is 1.78. The second kappa shape index (κ2) is 9.30. The molecule has 1 saturated carbocycles. The molecular formula is C23H16F7N7O2. The predicted molar refractivity (Wildman–Crippen MR) is 117 cm³/mol. The van der Waals surface area contributed by atoms with Gasteiger partial charge in [-0.2, -0.15) is 51.5 Å². The highest BCUT2D eigenvalue weighted by atomic mass is 19.4. The summed E-state index contributed by atoms with van der Waals surface area (Å²) in [6, 6.07) is 7.99. The van der Waals surface area contributed by atoms with Gasteiger partial charge in [0.15, 0.2) is 17.3 Å². The van der Waals surface area contributed by atoms with Crippen LogP contribution in [0, 0.1) is 22.7 Å². The normalized spacial score (nSPS) is 14.6. The zero-order valence-corrected chi connectivity index (χ0v) is 20.0. The fraction of sp³-hybridized carbons (Fsp3) is 0.348. The lowest BCUT2D eigenvalue weighted by Gasteiger charge is -2.23. The summed E-state index contributed by atoms with van der Waals surface area (Å²) in [7, 11) is 2.36. The van der Waals surface area contributed by atoms with Crippen LogP contribution in [0.5, 0.6) is 5.75 Å². The van der Waals surface area contributed by atoms with E-state index >= 15 is 0 Å². The Hall–Kier alpha value is -4.60. The number of aromatic nitrogens is 4. The van der Waals surface area contributed by atoms with Crippen LogP contribution in [-0.2, 0) is 13.0 Å². The molecule has 2 aromatic heterocycles. The molecule has 2 heterocycles. The van der Waals surface area contributed by atoms with E-state index in [0.717, 1.165) is 19.4 Å². The number of nitrogens with zero attached hydrogens (tertiary/aromatic N) is 7. The minimum Gasteiger partial charge on any atom is -0.428 e. The standard InChI is InChI=1S/C23H16F7N7O2/c1-35(21(11-32)5-6-21)19(38)15-7-12(3-4-13(15)8-31)14-9-33-37(10-14)18-16(39-20(24)25)17(34-36(18)2)22(26,27)23(28,29)30/h3-4,7,9-10,20H,5-6H2,1-2H3. The summed E-state index contributed by atoms with van der Waals surface area (Å²) in [5.74, 6) is -8.53. The van der Waals surface area contributed by atoms with E-state index in [1.54, 1.807) is 0 Å². The molecule has 4 rings (SSSR count). The molecule has 0 saturated heterocycles. The third kappa shape index (κ3) is 4.62. The van der Waals surface area contributed by atoms with Crippen LogP contribution in [0.2, 0.25) is 0 Å². The average molecular weight is 555 g/mol. The Labute approximate surface area is 215 Å². The molecule has 16 heteroatoms. The molecule has 0 aliphatic heterocycles. The zero-order chi connectivity index (χ0) is 28.9. The van der Waals surface area contributed by atoms with Crippen molar-refractivity contribution in [1.82, 2.24) is 24.5 Å². The number of amides is 1. The Bertz CT molecular complexity index is 1520. The number of carbonyl (C=O) groups excluding carboxylic acids is 1. The maximum atomic E-state index is 14.1. The monoisotopic (exact) mass is 555 g/mol. The first-order valence-corrected chi connectivity index (χ1v) is 10.9. The highest BCUT2D eigenvalue weighted by Gasteiger charge is 2.62. The first-order chi connectivity index (χ1) is 18.2. The fourth-order valence-corrected chi connectivity index (χ4v) is 3.89. The number of alkyl halides is 7. The molecule has 0 bridgehead atoms. The second-order valence-electron chi connectivity index (χ2n) is 8.63. The van der Waals surface area contributed by atoms with Crippen LogP contribution >= 0.6 is 0 Å². The van der Waals surface area contributed by atoms with Crippen molar-refractivity contribution in [2.75, 3.05) is 7.05 Å². The van der Waals surface area contributed by atoms with Crippen molar-refractivity contribution >= 4 is 5.91 Å². The molecule has 1 aliphatic rings. The van der Waals surface area contributed by atoms with Crippen LogP contribution in [0.4, 0.5) is 30.7 Å². The zero-order valence-electron chi connectivity index (χ0n) is 20.0. The van der Waals surface area contributed by atoms with Crippen LogP contribution in [0.3, 0.4) is 0 Å². The molecule has 0 radical (unpaired) electrons. The predicted octanol–water partition coefficient (Wildman–Crippen LogP) is 4.53. The Morgan fingerprint density at radius 2 is 1.85 bits per heavy atom. The largest absolute Gasteiger partial charge is 0.459 e. The number of hydrogen-bond donors (Lipinski definition) is 0. The van der Waals surface area contributed by atoms with Crippen molar-refractivity contribution in [2.45, 2.75) is 37.1 Å². The van der Waals surface area contributed by atoms with E-state index in [2.05, 4.69) is 21.0 Å². The molecule has 3 aromatic rings. The smallest absolute Gasteiger partial charge is 0.428 e. The highest BCUT2D eigenvalue weighted by molar-refractivity contribution is 5.98. The minimum absolute atomic E-state index is 0.00462. The van der Waals surface area contributed by atoms with Gasteiger partial charge in [-0.25, -0.2) is 9.36 Å². The molecule has 204 valence electrons. The van der Waals surface area contributed by atoms with Crippen molar-refractivity contribution in [3.05, 3.63) is 47.4 Å². The van der Waals surface area contributed by atoms with Gasteiger partial charge in [0.2, 0.25) is 0 Å². The van der Waals surface area contributed by atoms with Crippen LogP contribution in [0.1, 0.15) is 34.5 Å². The van der Waals surface area contributed by atoms with Gasteiger partial charge in [-0.3, -0.25) is 4.79 Å². The van der Waals surface area contributed by atoms with Crippen molar-refractivity contribution < 1.29 is 40.3 Å². The van der Waals surface area contributed by atoms with Gasteiger partial charge < -0.3 is 9.64 Å². The van der Waals surface area contributed by atoms with Crippen LogP contribution in [0.25, 0.3) is 16.9 Å². The maximum Gasteiger partial charge on any atom is 0.459 e. The van der Waals surface area contributed by atoms with E-state index in [1.165, 1.54) is 30.1 Å². The lowest BCUT2D eigenvalue weighted by Crippen LogP contribution is -2.38. The first-order valence-electron chi connectivity index (χ1n) is 10.9. The van der Waals surface area contributed by atoms with Gasteiger partial charge in [0.1, 0.15) is 5.54 Å². The summed E-state index contributed by atoms with van der Waals surface area (Å²) in [6.07, 6.45) is -3.01. The van der Waals surface area contributed by atoms with Crippen molar-refractivity contribution in [3.63, 3.8) is 0 Å². The summed E-state index contributed by atoms with van der Waals surface area (Å²) < 4.78 is 98.4. The quantitative estimate of drug-likeness (QED) is 0.396. The topological polar surface area (TPSA) is 113 Å². The minimum atomic E-state index is -6.16. The fourth-order valence-electron chi connectivity index (χ4n) is 3.89. The van der Waals surface area contributed by atoms with E-state index in [1.807, 2.05) is 6.07 Å². The van der Waals surface area contributed by atoms with E-state index in [4.69, 9.17) is 0 Å². The number of hydrogen-bond acceptors (Lipinski definition) is 6. The molecule has 0 atom stereocenters. The van der Waals surface area contributed by atoms with Gasteiger partial charge in [-0.15, -0.1) is 0 Å². The summed E-state index contributed by atoms with van der Waals surface area (Å²) in [6.45, 7) is -3.77. The second-order valence-corrected chi connectivity index (χ2v) is 8.63. The number of aryl methyl sites for hydroxylation is 1. The molecule has 0 unspecified atom stereocenters. The van der Waals surface area contributed by atoms with Gasteiger partial charge in [0.05, 0.1) is 29.5 Å². The number of ether oxygens (including phenoxy) is 1. The van der Waals surface area contributed by atoms with Gasteiger partial charge in [0.25, 0.3) is 5.91 Å². The average Bonchev–Trinajstić information content (AvgIpc) is 3.41. The lowest BCUT2D eigenvalue weighted by atomic mass is 10.00. The lowest BCUT2D eigenvalue weighted by molar-refractivity contribution is -0.291. The molecule has 9 nitrogen and oxygen atoms in total. The molecule has 1 aromatic carbocycles. The van der Waals surface area contributed by atoms with Crippen molar-refractivity contribution in [3.8, 4) is 34.8 Å². The molecule has 39 heavy (non-hydrogen) atoms. The van der Waals surface area contributed by atoms with E-state index in [9.17, 15) is 46.1 Å². The summed E-state index contributed by atoms with van der Waals surface area (Å²) in [4.78, 5) is 14.3. The number of nitriles is 2. The number of benzene rings is 1. The Morgan fingerprint density at radius 1 is 1.18 bits per heavy atom. The van der Waals surface area contributed by atoms with Crippen LogP contribution < -0.4 is 4.74 Å². The summed E-state index contributed by atoms with van der Waals surface area (Å²) >= 11 is 0. The molecule has 0 spiro atoms. The molecule has 1 aliphatic carbocycles. The van der Waals surface area contributed by atoms with Gasteiger partial charge in [-0.1, -0.05) is 6.07 Å². The first kappa shape index (κ1) is 27.4. The van der Waals surface area contributed by atoms with Crippen molar-refractivity contribution in [2.24, 2.45) is 7.05 Å². The summed E-state index contributed by atoms with van der Waals surface area (Å²) in [5, 5.41) is 25.8.